The Morgan fingerprint density at radius 3 is 2.88 bits per heavy atom. The third-order valence-electron chi connectivity index (χ3n) is 2.09. The molecule has 1 aromatic carbocycles. The maximum atomic E-state index is 11.3. The van der Waals surface area contributed by atoms with Gasteiger partial charge in [0, 0.05) is 6.54 Å². The van der Waals surface area contributed by atoms with Crippen LogP contribution in [0.25, 0.3) is 0 Å². The van der Waals surface area contributed by atoms with Crippen molar-refractivity contribution in [3.8, 4) is 0 Å². The Labute approximate surface area is 102 Å². The number of hydrogen-bond donors (Lipinski definition) is 2. The average Bonchev–Trinajstić information content (AvgIpc) is 2.26. The maximum absolute atomic E-state index is 11.3. The fraction of sp³-hybridized carbons (Fsp3) is 0.385. The van der Waals surface area contributed by atoms with Crippen LogP contribution in [0.5, 0.6) is 0 Å². The van der Waals surface area contributed by atoms with E-state index in [1.54, 1.807) is 6.21 Å². The number of amides is 2. The predicted octanol–water partition coefficient (Wildman–Crippen LogP) is 2.28. The Morgan fingerprint density at radius 1 is 1.47 bits per heavy atom. The molecule has 0 spiro atoms. The summed E-state index contributed by atoms with van der Waals surface area (Å²) in [6, 6.07) is 7.62. The highest BCUT2D eigenvalue weighted by Gasteiger charge is 1.98. The van der Waals surface area contributed by atoms with Crippen molar-refractivity contribution in [2.24, 2.45) is 11.0 Å². The summed E-state index contributed by atoms with van der Waals surface area (Å²) in [5.74, 6) is 0.432. The van der Waals surface area contributed by atoms with Gasteiger partial charge in [0.2, 0.25) is 0 Å². The van der Waals surface area contributed by atoms with Gasteiger partial charge in [0.1, 0.15) is 0 Å². The summed E-state index contributed by atoms with van der Waals surface area (Å²) in [7, 11) is 0. The van der Waals surface area contributed by atoms with E-state index in [-0.39, 0.29) is 6.03 Å². The van der Waals surface area contributed by atoms with Gasteiger partial charge in [-0.1, -0.05) is 43.7 Å². The minimum absolute atomic E-state index is 0.275. The van der Waals surface area contributed by atoms with Gasteiger partial charge < -0.3 is 5.32 Å². The molecule has 2 amide bonds. The molecule has 0 aliphatic rings. The normalized spacial score (nSPS) is 10.8. The van der Waals surface area contributed by atoms with Gasteiger partial charge in [-0.15, -0.1) is 0 Å². The molecule has 4 heteroatoms. The SMILES string of the molecule is Cc1cccc(/C=N/NC(=O)NCC(C)C)c1. The highest BCUT2D eigenvalue weighted by molar-refractivity contribution is 5.81. The van der Waals surface area contributed by atoms with Crippen LogP contribution >= 0.6 is 0 Å². The number of carbonyl (C=O) groups is 1. The van der Waals surface area contributed by atoms with E-state index in [4.69, 9.17) is 0 Å². The molecule has 0 saturated heterocycles. The van der Waals surface area contributed by atoms with Gasteiger partial charge in [-0.2, -0.15) is 5.10 Å². The van der Waals surface area contributed by atoms with E-state index >= 15 is 0 Å². The number of hydrogen-bond acceptors (Lipinski definition) is 2. The maximum Gasteiger partial charge on any atom is 0.335 e. The molecule has 0 heterocycles. The number of nitrogens with one attached hydrogen (secondary N) is 2. The lowest BCUT2D eigenvalue weighted by molar-refractivity contribution is 0.240. The highest BCUT2D eigenvalue weighted by Crippen LogP contribution is 2.00. The molecule has 1 rings (SSSR count). The summed E-state index contributed by atoms with van der Waals surface area (Å²) in [4.78, 5) is 11.3. The lowest BCUT2D eigenvalue weighted by atomic mass is 10.2. The molecule has 2 N–H and O–H groups in total. The zero-order chi connectivity index (χ0) is 12.7. The Morgan fingerprint density at radius 2 is 2.24 bits per heavy atom. The summed E-state index contributed by atoms with van der Waals surface area (Å²) in [6.45, 7) is 6.73. The van der Waals surface area contributed by atoms with Crippen LogP contribution in [-0.2, 0) is 0 Å². The molecule has 0 fully saturated rings. The van der Waals surface area contributed by atoms with E-state index in [0.29, 0.717) is 12.5 Å². The van der Waals surface area contributed by atoms with E-state index < -0.39 is 0 Å². The van der Waals surface area contributed by atoms with Crippen LogP contribution in [-0.4, -0.2) is 18.8 Å². The third kappa shape index (κ3) is 5.70. The van der Waals surface area contributed by atoms with Crippen LogP contribution in [0, 0.1) is 12.8 Å². The second-order valence-corrected chi connectivity index (χ2v) is 4.39. The first-order valence-electron chi connectivity index (χ1n) is 5.71. The topological polar surface area (TPSA) is 53.5 Å². The first kappa shape index (κ1) is 13.2. The number of nitrogens with zero attached hydrogens (tertiary/aromatic N) is 1. The molecular formula is C13H19N3O. The summed E-state index contributed by atoms with van der Waals surface area (Å²) in [6.07, 6.45) is 1.63. The van der Waals surface area contributed by atoms with Crippen LogP contribution in [0.4, 0.5) is 4.79 Å². The van der Waals surface area contributed by atoms with Gasteiger partial charge in [0.15, 0.2) is 0 Å². The van der Waals surface area contributed by atoms with Crippen molar-refractivity contribution < 1.29 is 4.79 Å². The molecule has 92 valence electrons. The lowest BCUT2D eigenvalue weighted by Gasteiger charge is -2.05. The minimum atomic E-state index is -0.275. The standard InChI is InChI=1S/C13H19N3O/c1-10(2)8-14-13(17)16-15-9-12-6-4-5-11(3)7-12/h4-7,9-10H,8H2,1-3H3,(H2,14,16,17)/b15-9+. The van der Waals surface area contributed by atoms with Crippen molar-refractivity contribution in [1.82, 2.24) is 10.7 Å². The molecule has 0 bridgehead atoms. The smallest absolute Gasteiger partial charge is 0.335 e. The molecule has 0 saturated carbocycles. The summed E-state index contributed by atoms with van der Waals surface area (Å²) < 4.78 is 0. The third-order valence-corrected chi connectivity index (χ3v) is 2.09. The number of rotatable bonds is 4. The van der Waals surface area contributed by atoms with E-state index in [2.05, 4.69) is 15.8 Å². The van der Waals surface area contributed by atoms with Crippen LogP contribution in [0.2, 0.25) is 0 Å². The fourth-order valence-corrected chi connectivity index (χ4v) is 1.25. The van der Waals surface area contributed by atoms with Crippen LogP contribution < -0.4 is 10.7 Å². The molecule has 0 aromatic heterocycles. The zero-order valence-corrected chi connectivity index (χ0v) is 10.5. The molecule has 0 atom stereocenters. The highest BCUT2D eigenvalue weighted by atomic mass is 16.2. The molecule has 0 aliphatic carbocycles. The fourth-order valence-electron chi connectivity index (χ4n) is 1.25. The Hall–Kier alpha value is -1.84. The van der Waals surface area contributed by atoms with Crippen molar-refractivity contribution in [1.29, 1.82) is 0 Å². The van der Waals surface area contributed by atoms with Crippen molar-refractivity contribution in [3.63, 3.8) is 0 Å². The first-order chi connectivity index (χ1) is 8.08. The number of benzene rings is 1. The minimum Gasteiger partial charge on any atom is -0.336 e. The first-order valence-corrected chi connectivity index (χ1v) is 5.71. The molecule has 0 aliphatic heterocycles. The molecular weight excluding hydrogens is 214 g/mol. The Kier molecular flexibility index (Phi) is 5.20. The molecule has 0 unspecified atom stereocenters. The van der Waals surface area contributed by atoms with Gasteiger partial charge in [0.05, 0.1) is 6.21 Å². The quantitative estimate of drug-likeness (QED) is 0.608. The van der Waals surface area contributed by atoms with E-state index in [1.165, 1.54) is 5.56 Å². The van der Waals surface area contributed by atoms with Crippen molar-refractivity contribution in [2.45, 2.75) is 20.8 Å². The van der Waals surface area contributed by atoms with Gasteiger partial charge >= 0.3 is 6.03 Å². The van der Waals surface area contributed by atoms with Crippen molar-refractivity contribution in [3.05, 3.63) is 35.4 Å². The number of hydrazone groups is 1. The zero-order valence-electron chi connectivity index (χ0n) is 10.5. The van der Waals surface area contributed by atoms with Gasteiger partial charge in [-0.3, -0.25) is 0 Å². The average molecular weight is 233 g/mol. The predicted molar refractivity (Wildman–Crippen MR) is 70.1 cm³/mol. The van der Waals surface area contributed by atoms with Crippen molar-refractivity contribution in [2.75, 3.05) is 6.54 Å². The van der Waals surface area contributed by atoms with Crippen LogP contribution in [0.1, 0.15) is 25.0 Å². The van der Waals surface area contributed by atoms with E-state index in [9.17, 15) is 4.79 Å². The Bertz CT molecular complexity index is 399. The van der Waals surface area contributed by atoms with E-state index in [0.717, 1.165) is 5.56 Å². The molecule has 17 heavy (non-hydrogen) atoms. The molecule has 1 aromatic rings. The van der Waals surface area contributed by atoms with Gasteiger partial charge in [-0.05, 0) is 18.4 Å². The number of aryl methyl sites for hydroxylation is 1. The largest absolute Gasteiger partial charge is 0.336 e. The van der Waals surface area contributed by atoms with Crippen LogP contribution in [0.3, 0.4) is 0 Å². The Balaban J connectivity index is 2.37. The van der Waals surface area contributed by atoms with Crippen molar-refractivity contribution >= 4 is 12.2 Å². The second kappa shape index (κ2) is 6.68. The summed E-state index contributed by atoms with van der Waals surface area (Å²) in [5.41, 5.74) is 4.56. The number of urea groups is 1. The lowest BCUT2D eigenvalue weighted by Crippen LogP contribution is -2.34. The van der Waals surface area contributed by atoms with Gasteiger partial charge in [-0.25, -0.2) is 10.2 Å². The molecule has 4 nitrogen and oxygen atoms in total. The second-order valence-electron chi connectivity index (χ2n) is 4.39. The monoisotopic (exact) mass is 233 g/mol. The number of carbonyl (C=O) groups excluding carboxylic acids is 1. The van der Waals surface area contributed by atoms with E-state index in [1.807, 2.05) is 45.0 Å². The summed E-state index contributed by atoms with van der Waals surface area (Å²) >= 11 is 0. The van der Waals surface area contributed by atoms with Crippen LogP contribution in [0.15, 0.2) is 29.4 Å². The molecule has 0 radical (unpaired) electrons. The summed E-state index contributed by atoms with van der Waals surface area (Å²) in [5, 5.41) is 6.59. The van der Waals surface area contributed by atoms with Gasteiger partial charge in [0.25, 0.3) is 0 Å².